The Kier molecular flexibility index (Phi) is 7.99. The normalized spacial score (nSPS) is 18.4. The molecule has 134 valence electrons. The van der Waals surface area contributed by atoms with E-state index in [1.165, 1.54) is 74.6 Å². The fourth-order valence-corrected chi connectivity index (χ4v) is 3.36. The molecule has 2 rings (SSSR count). The molecule has 1 aliphatic rings. The minimum atomic E-state index is -0.167. The summed E-state index contributed by atoms with van der Waals surface area (Å²) < 4.78 is 1.33. The first kappa shape index (κ1) is 18.7. The van der Waals surface area contributed by atoms with E-state index in [0.717, 1.165) is 12.8 Å². The van der Waals surface area contributed by atoms with Gasteiger partial charge in [0.2, 0.25) is 0 Å². The Labute approximate surface area is 144 Å². The van der Waals surface area contributed by atoms with Crippen LogP contribution < -0.4 is 10.9 Å². The van der Waals surface area contributed by atoms with Gasteiger partial charge in [0.25, 0.3) is 11.5 Å². The number of aryl methyl sites for hydroxylation is 1. The first-order valence-corrected chi connectivity index (χ1v) is 9.59. The molecule has 1 aliphatic carbocycles. The highest BCUT2D eigenvalue weighted by atomic mass is 16.2. The summed E-state index contributed by atoms with van der Waals surface area (Å²) in [7, 11) is 0. The highest BCUT2D eigenvalue weighted by molar-refractivity contribution is 5.92. The summed E-state index contributed by atoms with van der Waals surface area (Å²) in [5.41, 5.74) is 0.169. The van der Waals surface area contributed by atoms with E-state index in [2.05, 4.69) is 10.4 Å². The van der Waals surface area contributed by atoms with Crippen molar-refractivity contribution in [3.63, 3.8) is 0 Å². The van der Waals surface area contributed by atoms with Crippen molar-refractivity contribution in [2.45, 2.75) is 90.1 Å². The molecule has 0 unspecified atom stereocenters. The summed E-state index contributed by atoms with van der Waals surface area (Å²) >= 11 is 0. The average Bonchev–Trinajstić information content (AvgIpc) is 2.57. The number of nitrogens with zero attached hydrogens (tertiary/aromatic N) is 2. The van der Waals surface area contributed by atoms with E-state index in [1.807, 2.05) is 6.92 Å². The zero-order chi connectivity index (χ0) is 17.2. The van der Waals surface area contributed by atoms with Gasteiger partial charge in [0.15, 0.2) is 0 Å². The van der Waals surface area contributed by atoms with Gasteiger partial charge in [0, 0.05) is 18.7 Å². The number of hydrogen-bond acceptors (Lipinski definition) is 3. The fourth-order valence-electron chi connectivity index (χ4n) is 3.36. The van der Waals surface area contributed by atoms with Gasteiger partial charge in [-0.25, -0.2) is 4.68 Å². The van der Waals surface area contributed by atoms with E-state index in [0.29, 0.717) is 12.2 Å². The number of rotatable bonds is 3. The zero-order valence-electron chi connectivity index (χ0n) is 14.9. The second-order valence-corrected chi connectivity index (χ2v) is 6.80. The van der Waals surface area contributed by atoms with Crippen LogP contribution in [0.3, 0.4) is 0 Å². The lowest BCUT2D eigenvalue weighted by atomic mass is 9.98. The number of carbonyl (C=O) groups is 1. The zero-order valence-corrected chi connectivity index (χ0v) is 14.9. The molecule has 1 fully saturated rings. The minimum absolute atomic E-state index is 0.158. The molecule has 1 N–H and O–H groups in total. The predicted octanol–water partition coefficient (Wildman–Crippen LogP) is 3.67. The molecule has 1 heterocycles. The summed E-state index contributed by atoms with van der Waals surface area (Å²) in [5.74, 6) is -0.158. The van der Waals surface area contributed by atoms with Gasteiger partial charge in [0.05, 0.1) is 0 Å². The molecule has 0 radical (unpaired) electrons. The third kappa shape index (κ3) is 6.10. The maximum Gasteiger partial charge on any atom is 0.271 e. The van der Waals surface area contributed by atoms with Crippen LogP contribution in [0, 0.1) is 0 Å². The summed E-state index contributed by atoms with van der Waals surface area (Å²) in [4.78, 5) is 24.1. The maximum absolute atomic E-state index is 12.5. The van der Waals surface area contributed by atoms with Crippen molar-refractivity contribution in [3.8, 4) is 0 Å². The molecule has 1 aromatic heterocycles. The van der Waals surface area contributed by atoms with E-state index in [9.17, 15) is 9.59 Å². The molecule has 0 aliphatic heterocycles. The second-order valence-electron chi connectivity index (χ2n) is 6.80. The topological polar surface area (TPSA) is 64.0 Å². The number of carbonyl (C=O) groups excluding carboxylic acids is 1. The molecule has 1 saturated carbocycles. The highest BCUT2D eigenvalue weighted by Crippen LogP contribution is 2.17. The van der Waals surface area contributed by atoms with Crippen LogP contribution in [0.25, 0.3) is 0 Å². The standard InChI is InChI=1S/C19H31N3O2/c1-2-22-18(23)15-14-17(21-22)19(24)20-16-12-10-8-6-4-3-5-7-9-11-13-16/h14-16H,2-13H2,1H3,(H,20,24). The average molecular weight is 333 g/mol. The van der Waals surface area contributed by atoms with Gasteiger partial charge in [-0.15, -0.1) is 0 Å². The van der Waals surface area contributed by atoms with E-state index in [1.54, 1.807) is 0 Å². The molecule has 5 heteroatoms. The third-order valence-corrected chi connectivity index (χ3v) is 4.84. The van der Waals surface area contributed by atoms with Crippen molar-refractivity contribution in [1.29, 1.82) is 0 Å². The van der Waals surface area contributed by atoms with E-state index >= 15 is 0 Å². The van der Waals surface area contributed by atoms with Crippen LogP contribution >= 0.6 is 0 Å². The smallest absolute Gasteiger partial charge is 0.271 e. The monoisotopic (exact) mass is 333 g/mol. The summed E-state index contributed by atoms with van der Waals surface area (Å²) in [5, 5.41) is 7.29. The minimum Gasteiger partial charge on any atom is -0.348 e. The summed E-state index contributed by atoms with van der Waals surface area (Å²) in [6.07, 6.45) is 13.6. The molecule has 5 nitrogen and oxygen atoms in total. The van der Waals surface area contributed by atoms with Crippen molar-refractivity contribution in [1.82, 2.24) is 15.1 Å². The fraction of sp³-hybridized carbons (Fsp3) is 0.737. The molecular weight excluding hydrogens is 302 g/mol. The lowest BCUT2D eigenvalue weighted by Crippen LogP contribution is -2.36. The largest absolute Gasteiger partial charge is 0.348 e. The molecule has 0 saturated heterocycles. The van der Waals surface area contributed by atoms with Gasteiger partial charge in [-0.05, 0) is 25.8 Å². The Hall–Kier alpha value is -1.65. The van der Waals surface area contributed by atoms with Crippen LogP contribution in [0.2, 0.25) is 0 Å². The van der Waals surface area contributed by atoms with Gasteiger partial charge in [0.1, 0.15) is 5.69 Å². The quantitative estimate of drug-likeness (QED) is 0.918. The molecule has 1 amide bonds. The third-order valence-electron chi connectivity index (χ3n) is 4.84. The number of nitrogens with one attached hydrogen (secondary N) is 1. The molecule has 0 spiro atoms. The van der Waals surface area contributed by atoms with E-state index < -0.39 is 0 Å². The van der Waals surface area contributed by atoms with Crippen LogP contribution in [-0.4, -0.2) is 21.7 Å². The Morgan fingerprint density at radius 1 is 1.04 bits per heavy atom. The van der Waals surface area contributed by atoms with Gasteiger partial charge < -0.3 is 5.32 Å². The van der Waals surface area contributed by atoms with Crippen LogP contribution in [0.5, 0.6) is 0 Å². The first-order valence-electron chi connectivity index (χ1n) is 9.59. The van der Waals surface area contributed by atoms with Crippen LogP contribution in [0.1, 0.15) is 88.0 Å². The second kappa shape index (κ2) is 10.3. The van der Waals surface area contributed by atoms with E-state index in [4.69, 9.17) is 0 Å². The van der Waals surface area contributed by atoms with Crippen molar-refractivity contribution in [2.75, 3.05) is 0 Å². The molecule has 0 aromatic carbocycles. The molecular formula is C19H31N3O2. The summed E-state index contributed by atoms with van der Waals surface area (Å²) in [6, 6.07) is 3.17. The Morgan fingerprint density at radius 2 is 1.58 bits per heavy atom. The Balaban J connectivity index is 1.94. The summed E-state index contributed by atoms with van der Waals surface area (Å²) in [6.45, 7) is 2.33. The number of aromatic nitrogens is 2. The van der Waals surface area contributed by atoms with Gasteiger partial charge >= 0.3 is 0 Å². The molecule has 24 heavy (non-hydrogen) atoms. The lowest BCUT2D eigenvalue weighted by Gasteiger charge is -2.19. The lowest BCUT2D eigenvalue weighted by molar-refractivity contribution is 0.0923. The molecule has 0 atom stereocenters. The van der Waals surface area contributed by atoms with E-state index in [-0.39, 0.29) is 17.5 Å². The molecule has 0 bridgehead atoms. The Morgan fingerprint density at radius 3 is 2.12 bits per heavy atom. The molecule has 1 aromatic rings. The van der Waals surface area contributed by atoms with Gasteiger partial charge in [-0.3, -0.25) is 9.59 Å². The van der Waals surface area contributed by atoms with Crippen molar-refractivity contribution in [3.05, 3.63) is 28.2 Å². The Bertz CT molecular complexity index is 556. The van der Waals surface area contributed by atoms with Crippen LogP contribution in [0.15, 0.2) is 16.9 Å². The van der Waals surface area contributed by atoms with Gasteiger partial charge in [-0.2, -0.15) is 5.10 Å². The highest BCUT2D eigenvalue weighted by Gasteiger charge is 2.15. The number of amides is 1. The van der Waals surface area contributed by atoms with Crippen molar-refractivity contribution in [2.24, 2.45) is 0 Å². The van der Waals surface area contributed by atoms with Crippen molar-refractivity contribution >= 4 is 5.91 Å². The predicted molar refractivity (Wildman–Crippen MR) is 96.2 cm³/mol. The van der Waals surface area contributed by atoms with Crippen molar-refractivity contribution < 1.29 is 4.79 Å². The van der Waals surface area contributed by atoms with Gasteiger partial charge in [-0.1, -0.05) is 57.8 Å². The maximum atomic E-state index is 12.5. The SMILES string of the molecule is CCn1nc(C(=O)NC2CCCCCCCCCCC2)ccc1=O. The van der Waals surface area contributed by atoms with Crippen LogP contribution in [0.4, 0.5) is 0 Å². The van der Waals surface area contributed by atoms with Crippen LogP contribution in [-0.2, 0) is 6.54 Å². The number of hydrogen-bond donors (Lipinski definition) is 1. The first-order chi connectivity index (χ1) is 11.7.